The molecule has 0 unspecified atom stereocenters. The van der Waals surface area contributed by atoms with Gasteiger partial charge in [0.05, 0.1) is 6.04 Å². The Bertz CT molecular complexity index is 1030. The standard InChI is InChI=1S/C19H19F3N2O4S/c1-10(2)5-13-9-28-16-4-3-11(6-17(16)29(26,27)24-13)19(25)23-12-7-14(20)18(22)15(21)8-12/h3-4,6-8,10,13,24H,5,9H2,1-2H3,(H,23,25)/t13-/m1/s1. The predicted molar refractivity (Wildman–Crippen MR) is 99.8 cm³/mol. The molecule has 0 fully saturated rings. The normalized spacial score (nSPS) is 17.9. The summed E-state index contributed by atoms with van der Waals surface area (Å²) in [5.74, 6) is -5.06. The molecule has 3 rings (SSSR count). The first-order chi connectivity index (χ1) is 13.6. The summed E-state index contributed by atoms with van der Waals surface area (Å²) in [6.07, 6.45) is 0.572. The third kappa shape index (κ3) is 4.70. The first kappa shape index (κ1) is 21.1. The number of hydrogen-bond acceptors (Lipinski definition) is 4. The molecule has 0 radical (unpaired) electrons. The van der Waals surface area contributed by atoms with E-state index in [1.807, 2.05) is 13.8 Å². The number of halogens is 3. The summed E-state index contributed by atoms with van der Waals surface area (Å²) >= 11 is 0. The molecule has 0 bridgehead atoms. The van der Waals surface area contributed by atoms with Crippen molar-refractivity contribution in [2.75, 3.05) is 11.9 Å². The van der Waals surface area contributed by atoms with Crippen molar-refractivity contribution in [2.45, 2.75) is 31.2 Å². The maximum absolute atomic E-state index is 13.3. The lowest BCUT2D eigenvalue weighted by Gasteiger charge is -2.16. The molecule has 2 aromatic carbocycles. The number of sulfonamides is 1. The van der Waals surface area contributed by atoms with Crippen LogP contribution >= 0.6 is 0 Å². The molecule has 2 aromatic rings. The van der Waals surface area contributed by atoms with Gasteiger partial charge in [-0.2, -0.15) is 0 Å². The third-order valence-corrected chi connectivity index (χ3v) is 5.80. The fourth-order valence-corrected chi connectivity index (χ4v) is 4.41. The van der Waals surface area contributed by atoms with Crippen LogP contribution in [0, 0.1) is 23.4 Å². The molecule has 0 aromatic heterocycles. The van der Waals surface area contributed by atoms with Gasteiger partial charge in [-0.3, -0.25) is 4.79 Å². The van der Waals surface area contributed by atoms with E-state index in [0.717, 1.165) is 6.07 Å². The average Bonchev–Trinajstić information content (AvgIpc) is 2.74. The molecule has 1 aliphatic rings. The van der Waals surface area contributed by atoms with Gasteiger partial charge in [0.2, 0.25) is 10.0 Å². The highest BCUT2D eigenvalue weighted by atomic mass is 32.2. The zero-order valence-corrected chi connectivity index (χ0v) is 16.4. The lowest BCUT2D eigenvalue weighted by atomic mass is 10.1. The van der Waals surface area contributed by atoms with Gasteiger partial charge in [0.1, 0.15) is 17.3 Å². The highest BCUT2D eigenvalue weighted by Gasteiger charge is 2.29. The van der Waals surface area contributed by atoms with Crippen molar-refractivity contribution < 1.29 is 31.1 Å². The maximum Gasteiger partial charge on any atom is 0.255 e. The molecule has 10 heteroatoms. The van der Waals surface area contributed by atoms with Crippen LogP contribution in [0.2, 0.25) is 0 Å². The van der Waals surface area contributed by atoms with Crippen molar-refractivity contribution in [3.8, 4) is 5.75 Å². The molecule has 1 heterocycles. The van der Waals surface area contributed by atoms with Crippen molar-refractivity contribution >= 4 is 21.6 Å². The zero-order chi connectivity index (χ0) is 21.3. The van der Waals surface area contributed by atoms with Gasteiger partial charge in [-0.05, 0) is 30.5 Å². The molecule has 0 aliphatic carbocycles. The van der Waals surface area contributed by atoms with Crippen molar-refractivity contribution in [1.29, 1.82) is 0 Å². The van der Waals surface area contributed by atoms with Crippen LogP contribution in [0.15, 0.2) is 35.2 Å². The molecule has 0 saturated carbocycles. The second kappa shape index (κ2) is 8.03. The monoisotopic (exact) mass is 428 g/mol. The van der Waals surface area contributed by atoms with Gasteiger partial charge in [0.15, 0.2) is 17.5 Å². The minimum absolute atomic E-state index is 0.0785. The summed E-state index contributed by atoms with van der Waals surface area (Å²) in [4.78, 5) is 12.2. The highest BCUT2D eigenvalue weighted by Crippen LogP contribution is 2.29. The Morgan fingerprint density at radius 2 is 1.86 bits per heavy atom. The number of fused-ring (bicyclic) bond motifs is 1. The second-order valence-electron chi connectivity index (χ2n) is 7.13. The van der Waals surface area contributed by atoms with Crippen LogP contribution < -0.4 is 14.8 Å². The number of benzene rings is 2. The number of carbonyl (C=O) groups excluding carboxylic acids is 1. The maximum atomic E-state index is 13.3. The molecular formula is C19H19F3N2O4S. The van der Waals surface area contributed by atoms with Gasteiger partial charge in [0, 0.05) is 23.4 Å². The van der Waals surface area contributed by atoms with Gasteiger partial charge < -0.3 is 10.1 Å². The van der Waals surface area contributed by atoms with Gasteiger partial charge in [-0.25, -0.2) is 26.3 Å². The summed E-state index contributed by atoms with van der Waals surface area (Å²) in [5, 5.41) is 2.21. The molecule has 0 spiro atoms. The van der Waals surface area contributed by atoms with E-state index in [1.165, 1.54) is 12.1 Å². The number of carbonyl (C=O) groups is 1. The summed E-state index contributed by atoms with van der Waals surface area (Å²) in [5.41, 5.74) is -0.388. The predicted octanol–water partition coefficient (Wildman–Crippen LogP) is 3.44. The lowest BCUT2D eigenvalue weighted by Crippen LogP contribution is -2.37. The van der Waals surface area contributed by atoms with E-state index in [4.69, 9.17) is 4.74 Å². The fraction of sp³-hybridized carbons (Fsp3) is 0.316. The molecular weight excluding hydrogens is 409 g/mol. The largest absolute Gasteiger partial charge is 0.491 e. The molecule has 0 saturated heterocycles. The van der Waals surface area contributed by atoms with Gasteiger partial charge >= 0.3 is 0 Å². The molecule has 2 N–H and O–H groups in total. The number of nitrogens with one attached hydrogen (secondary N) is 2. The van der Waals surface area contributed by atoms with E-state index in [1.54, 1.807) is 0 Å². The van der Waals surface area contributed by atoms with E-state index in [0.29, 0.717) is 18.6 Å². The number of ether oxygens (including phenoxy) is 1. The van der Waals surface area contributed by atoms with Crippen LogP contribution in [0.1, 0.15) is 30.6 Å². The SMILES string of the molecule is CC(C)C[C@@H]1COc2ccc(C(=O)Nc3cc(F)c(F)c(F)c3)cc2S(=O)(=O)N1. The van der Waals surface area contributed by atoms with E-state index in [-0.39, 0.29) is 34.4 Å². The number of rotatable bonds is 4. The van der Waals surface area contributed by atoms with Gasteiger partial charge in [-0.15, -0.1) is 0 Å². The minimum Gasteiger partial charge on any atom is -0.491 e. The smallest absolute Gasteiger partial charge is 0.255 e. The van der Waals surface area contributed by atoms with Crippen molar-refractivity contribution in [1.82, 2.24) is 4.72 Å². The summed E-state index contributed by atoms with van der Waals surface area (Å²) in [6, 6.07) is 4.60. The van der Waals surface area contributed by atoms with E-state index in [9.17, 15) is 26.4 Å². The van der Waals surface area contributed by atoms with E-state index < -0.39 is 39.4 Å². The van der Waals surface area contributed by atoms with Gasteiger partial charge in [-0.1, -0.05) is 13.8 Å². The lowest BCUT2D eigenvalue weighted by molar-refractivity contribution is 0.102. The Hall–Kier alpha value is -2.59. The Labute approximate surface area is 166 Å². The molecule has 1 aliphatic heterocycles. The Kier molecular flexibility index (Phi) is 5.85. The van der Waals surface area contributed by atoms with Crippen LogP contribution in [-0.4, -0.2) is 27.0 Å². The molecule has 156 valence electrons. The summed E-state index contributed by atoms with van der Waals surface area (Å²) in [6.45, 7) is 4.05. The Balaban J connectivity index is 1.87. The summed E-state index contributed by atoms with van der Waals surface area (Å²) in [7, 11) is -3.95. The van der Waals surface area contributed by atoms with Crippen LogP contribution in [0.5, 0.6) is 5.75 Å². The van der Waals surface area contributed by atoms with Crippen LogP contribution in [0.3, 0.4) is 0 Å². The zero-order valence-electron chi connectivity index (χ0n) is 15.6. The fourth-order valence-electron chi connectivity index (χ4n) is 3.00. The topological polar surface area (TPSA) is 84.5 Å². The quantitative estimate of drug-likeness (QED) is 0.731. The number of amides is 1. The Morgan fingerprint density at radius 3 is 2.48 bits per heavy atom. The van der Waals surface area contributed by atoms with Crippen LogP contribution in [0.4, 0.5) is 18.9 Å². The third-order valence-electron chi connectivity index (χ3n) is 4.25. The summed E-state index contributed by atoms with van der Waals surface area (Å²) < 4.78 is 73.2. The van der Waals surface area contributed by atoms with Gasteiger partial charge in [0.25, 0.3) is 5.91 Å². The second-order valence-corrected chi connectivity index (χ2v) is 8.81. The number of hydrogen-bond donors (Lipinski definition) is 2. The molecule has 1 amide bonds. The highest BCUT2D eigenvalue weighted by molar-refractivity contribution is 7.89. The Morgan fingerprint density at radius 1 is 1.21 bits per heavy atom. The van der Waals surface area contributed by atoms with E-state index in [2.05, 4.69) is 10.0 Å². The van der Waals surface area contributed by atoms with Crippen molar-refractivity contribution in [3.05, 3.63) is 53.3 Å². The minimum atomic E-state index is -3.95. The average molecular weight is 428 g/mol. The van der Waals surface area contributed by atoms with Crippen molar-refractivity contribution in [2.24, 2.45) is 5.92 Å². The number of anilines is 1. The van der Waals surface area contributed by atoms with E-state index >= 15 is 0 Å². The van der Waals surface area contributed by atoms with Crippen molar-refractivity contribution in [3.63, 3.8) is 0 Å². The van der Waals surface area contributed by atoms with Crippen LogP contribution in [0.25, 0.3) is 0 Å². The molecule has 29 heavy (non-hydrogen) atoms. The first-order valence-electron chi connectivity index (χ1n) is 8.82. The molecule has 1 atom stereocenters. The first-order valence-corrected chi connectivity index (χ1v) is 10.3. The molecule has 6 nitrogen and oxygen atoms in total. The van der Waals surface area contributed by atoms with Crippen LogP contribution in [-0.2, 0) is 10.0 Å².